The lowest BCUT2D eigenvalue weighted by Crippen LogP contribution is -2.38. The Morgan fingerprint density at radius 3 is 2.67 bits per heavy atom. The molecule has 1 atom stereocenters. The average Bonchev–Trinajstić information content (AvgIpc) is 2.10. The number of ether oxygens (including phenoxy) is 1. The van der Waals surface area contributed by atoms with Gasteiger partial charge in [-0.3, -0.25) is 5.32 Å². The third-order valence-electron chi connectivity index (χ3n) is 1.38. The van der Waals surface area contributed by atoms with Crippen molar-refractivity contribution in [1.82, 2.24) is 5.32 Å². The molecule has 0 aromatic rings. The van der Waals surface area contributed by atoms with Gasteiger partial charge in [0.15, 0.2) is 0 Å². The Morgan fingerprint density at radius 2 is 2.44 bits per heavy atom. The van der Waals surface area contributed by atoms with Gasteiger partial charge in [0.2, 0.25) is 0 Å². The van der Waals surface area contributed by atoms with E-state index in [1.54, 1.807) is 0 Å². The third-order valence-corrected chi connectivity index (χ3v) is 2.16. The summed E-state index contributed by atoms with van der Waals surface area (Å²) in [6.45, 7) is 4.89. The number of alkyl halides is 1. The molecule has 3 heteroatoms. The highest BCUT2D eigenvalue weighted by Gasteiger charge is 2.29. The van der Waals surface area contributed by atoms with Crippen LogP contribution in [0.3, 0.4) is 0 Å². The van der Waals surface area contributed by atoms with Crippen LogP contribution in [0.2, 0.25) is 0 Å². The number of nitrogens with one attached hydrogen (secondary N) is 1. The summed E-state index contributed by atoms with van der Waals surface area (Å²) in [6.07, 6.45) is 0. The second-order valence-corrected chi connectivity index (χ2v) is 3.46. The first-order valence-corrected chi connectivity index (χ1v) is 4.24. The van der Waals surface area contributed by atoms with Crippen LogP contribution >= 0.6 is 15.9 Å². The Labute approximate surface area is 64.1 Å². The Morgan fingerprint density at radius 1 is 1.78 bits per heavy atom. The number of hydrogen-bond acceptors (Lipinski definition) is 2. The van der Waals surface area contributed by atoms with Crippen molar-refractivity contribution in [1.29, 1.82) is 0 Å². The molecule has 0 spiro atoms. The molecule has 1 aliphatic rings. The molecule has 1 aliphatic heterocycles. The minimum atomic E-state index is -0.113. The Hall–Kier alpha value is 0.400. The fourth-order valence-corrected chi connectivity index (χ4v) is 1.32. The second-order valence-electron chi connectivity index (χ2n) is 2.82. The molecule has 0 aromatic heterocycles. The molecule has 0 saturated carbocycles. The van der Waals surface area contributed by atoms with Gasteiger partial charge in [0, 0.05) is 11.4 Å². The first-order valence-electron chi connectivity index (χ1n) is 3.12. The fraction of sp³-hybridized carbons (Fsp3) is 1.00. The molecular weight excluding hydrogens is 182 g/mol. The van der Waals surface area contributed by atoms with Crippen LogP contribution in [0.15, 0.2) is 0 Å². The molecular formula is C6H12BrNO. The van der Waals surface area contributed by atoms with E-state index >= 15 is 0 Å². The Kier molecular flexibility index (Phi) is 2.14. The summed E-state index contributed by atoms with van der Waals surface area (Å²) in [6, 6.07) is 0.486. The average molecular weight is 194 g/mol. The third kappa shape index (κ3) is 1.92. The molecule has 0 aromatic carbocycles. The van der Waals surface area contributed by atoms with Gasteiger partial charge in [0.1, 0.15) is 5.72 Å². The summed E-state index contributed by atoms with van der Waals surface area (Å²) in [5, 5.41) is 4.28. The van der Waals surface area contributed by atoms with E-state index < -0.39 is 0 Å². The maximum atomic E-state index is 5.40. The zero-order chi connectivity index (χ0) is 6.91. The van der Waals surface area contributed by atoms with Crippen LogP contribution < -0.4 is 5.32 Å². The van der Waals surface area contributed by atoms with E-state index in [-0.39, 0.29) is 5.72 Å². The molecule has 1 saturated heterocycles. The van der Waals surface area contributed by atoms with Gasteiger partial charge in [0.25, 0.3) is 0 Å². The minimum absolute atomic E-state index is 0.113. The van der Waals surface area contributed by atoms with Gasteiger partial charge in [-0.15, -0.1) is 0 Å². The highest BCUT2D eigenvalue weighted by Crippen LogP contribution is 2.14. The quantitative estimate of drug-likeness (QED) is 0.631. The molecule has 0 amide bonds. The lowest BCUT2D eigenvalue weighted by Gasteiger charge is -2.17. The summed E-state index contributed by atoms with van der Waals surface area (Å²) in [4.78, 5) is 0. The van der Waals surface area contributed by atoms with Crippen molar-refractivity contribution in [2.24, 2.45) is 0 Å². The van der Waals surface area contributed by atoms with Crippen molar-refractivity contribution in [3.8, 4) is 0 Å². The SMILES string of the molecule is CC1(C)NC(CBr)CO1. The highest BCUT2D eigenvalue weighted by molar-refractivity contribution is 9.09. The molecule has 0 bridgehead atoms. The predicted molar refractivity (Wildman–Crippen MR) is 40.7 cm³/mol. The lowest BCUT2D eigenvalue weighted by atomic mass is 10.3. The summed E-state index contributed by atoms with van der Waals surface area (Å²) >= 11 is 3.39. The predicted octanol–water partition coefficient (Wildman–Crippen LogP) is 1.11. The minimum Gasteiger partial charge on any atom is -0.360 e. The fourth-order valence-electron chi connectivity index (χ4n) is 0.967. The van der Waals surface area contributed by atoms with E-state index in [4.69, 9.17) is 4.74 Å². The van der Waals surface area contributed by atoms with Crippen LogP contribution in [0.1, 0.15) is 13.8 Å². The molecule has 1 heterocycles. The van der Waals surface area contributed by atoms with Gasteiger partial charge in [-0.1, -0.05) is 15.9 Å². The first-order chi connectivity index (χ1) is 4.14. The first kappa shape index (κ1) is 7.51. The van der Waals surface area contributed by atoms with Crippen LogP contribution in [0.5, 0.6) is 0 Å². The van der Waals surface area contributed by atoms with E-state index in [1.165, 1.54) is 0 Å². The summed E-state index contributed by atoms with van der Waals surface area (Å²) < 4.78 is 5.40. The van der Waals surface area contributed by atoms with Crippen molar-refractivity contribution < 1.29 is 4.74 Å². The number of rotatable bonds is 1. The van der Waals surface area contributed by atoms with Gasteiger partial charge < -0.3 is 4.74 Å². The lowest BCUT2D eigenvalue weighted by molar-refractivity contribution is 0.0232. The molecule has 1 fully saturated rings. The van der Waals surface area contributed by atoms with Crippen molar-refractivity contribution in [3.63, 3.8) is 0 Å². The number of hydrogen-bond donors (Lipinski definition) is 1. The van der Waals surface area contributed by atoms with E-state index in [9.17, 15) is 0 Å². The molecule has 2 nitrogen and oxygen atoms in total. The maximum Gasteiger partial charge on any atom is 0.113 e. The van der Waals surface area contributed by atoms with E-state index in [0.717, 1.165) is 11.9 Å². The molecule has 1 unspecified atom stereocenters. The summed E-state index contributed by atoms with van der Waals surface area (Å²) in [5.74, 6) is 0. The molecule has 9 heavy (non-hydrogen) atoms. The Balaban J connectivity index is 2.38. The molecule has 0 radical (unpaired) electrons. The molecule has 1 N–H and O–H groups in total. The normalized spacial score (nSPS) is 33.0. The number of halogens is 1. The van der Waals surface area contributed by atoms with Gasteiger partial charge >= 0.3 is 0 Å². The van der Waals surface area contributed by atoms with E-state index in [2.05, 4.69) is 21.2 Å². The summed E-state index contributed by atoms with van der Waals surface area (Å²) in [5.41, 5.74) is -0.113. The standard InChI is InChI=1S/C6H12BrNO/c1-6(2)8-5(3-7)4-9-6/h5,8H,3-4H2,1-2H3. The van der Waals surface area contributed by atoms with E-state index in [1.807, 2.05) is 13.8 Å². The smallest absolute Gasteiger partial charge is 0.113 e. The molecule has 54 valence electrons. The monoisotopic (exact) mass is 193 g/mol. The second kappa shape index (κ2) is 2.56. The van der Waals surface area contributed by atoms with Crippen molar-refractivity contribution >= 4 is 15.9 Å². The molecule has 1 rings (SSSR count). The van der Waals surface area contributed by atoms with Gasteiger partial charge in [-0.25, -0.2) is 0 Å². The highest BCUT2D eigenvalue weighted by atomic mass is 79.9. The van der Waals surface area contributed by atoms with Crippen molar-refractivity contribution in [2.75, 3.05) is 11.9 Å². The van der Waals surface area contributed by atoms with Crippen LogP contribution in [-0.4, -0.2) is 23.7 Å². The van der Waals surface area contributed by atoms with Crippen molar-refractivity contribution in [2.45, 2.75) is 25.6 Å². The zero-order valence-corrected chi connectivity index (χ0v) is 7.36. The largest absolute Gasteiger partial charge is 0.360 e. The summed E-state index contributed by atoms with van der Waals surface area (Å²) in [7, 11) is 0. The zero-order valence-electron chi connectivity index (χ0n) is 5.78. The van der Waals surface area contributed by atoms with Crippen LogP contribution in [0.25, 0.3) is 0 Å². The van der Waals surface area contributed by atoms with Crippen LogP contribution in [-0.2, 0) is 4.74 Å². The van der Waals surface area contributed by atoms with E-state index in [0.29, 0.717) is 6.04 Å². The van der Waals surface area contributed by atoms with Gasteiger partial charge in [-0.2, -0.15) is 0 Å². The molecule has 0 aliphatic carbocycles. The van der Waals surface area contributed by atoms with Gasteiger partial charge in [-0.05, 0) is 13.8 Å². The topological polar surface area (TPSA) is 21.3 Å². The van der Waals surface area contributed by atoms with Crippen LogP contribution in [0.4, 0.5) is 0 Å². The van der Waals surface area contributed by atoms with Crippen LogP contribution in [0, 0.1) is 0 Å². The van der Waals surface area contributed by atoms with Gasteiger partial charge in [0.05, 0.1) is 6.61 Å². The Bertz CT molecular complexity index is 105. The maximum absolute atomic E-state index is 5.40. The van der Waals surface area contributed by atoms with Crippen molar-refractivity contribution in [3.05, 3.63) is 0 Å².